The van der Waals surface area contributed by atoms with Crippen LogP contribution < -0.4 is 5.32 Å². The predicted octanol–water partition coefficient (Wildman–Crippen LogP) is 2.63. The summed E-state index contributed by atoms with van der Waals surface area (Å²) in [5.41, 5.74) is 1.89. The van der Waals surface area contributed by atoms with Crippen LogP contribution in [-0.2, 0) is 0 Å². The number of oxazole rings is 1. The average Bonchev–Trinajstić information content (AvgIpc) is 2.82. The second kappa shape index (κ2) is 6.67. The zero-order valence-electron chi connectivity index (χ0n) is 11.3. The van der Waals surface area contributed by atoms with Gasteiger partial charge in [-0.05, 0) is 42.8 Å². The Morgan fingerprint density at radius 3 is 3.05 bits per heavy atom. The van der Waals surface area contributed by atoms with E-state index in [-0.39, 0.29) is 12.5 Å². The van der Waals surface area contributed by atoms with E-state index in [2.05, 4.69) is 10.3 Å². The van der Waals surface area contributed by atoms with Crippen LogP contribution in [-0.4, -0.2) is 29.1 Å². The second-order valence-electron chi connectivity index (χ2n) is 4.72. The predicted molar refractivity (Wildman–Crippen MR) is 79.2 cm³/mol. The summed E-state index contributed by atoms with van der Waals surface area (Å²) in [7, 11) is 0. The number of carbonyl (C=O) groups is 1. The summed E-state index contributed by atoms with van der Waals surface area (Å²) < 4.78 is 5.29. The lowest BCUT2D eigenvalue weighted by Gasteiger charge is -2.14. The van der Waals surface area contributed by atoms with Gasteiger partial charge in [0.1, 0.15) is 0 Å². The topological polar surface area (TPSA) is 78.3 Å². The van der Waals surface area contributed by atoms with Gasteiger partial charge in [-0.2, -0.15) is 0 Å². The zero-order valence-corrected chi connectivity index (χ0v) is 12.1. The molecule has 1 aromatic heterocycles. The molecule has 0 fully saturated rings. The molecule has 1 heterocycles. The maximum absolute atomic E-state index is 12.1. The number of aromatic nitrogens is 1. The van der Waals surface area contributed by atoms with E-state index in [1.54, 1.807) is 18.2 Å². The minimum Gasteiger partial charge on any atom is -0.429 e. The molecule has 2 aromatic rings. The van der Waals surface area contributed by atoms with Crippen molar-refractivity contribution in [3.05, 3.63) is 28.6 Å². The number of hydrogen-bond acceptors (Lipinski definition) is 4. The third-order valence-corrected chi connectivity index (χ3v) is 3.53. The number of amides is 1. The van der Waals surface area contributed by atoms with Gasteiger partial charge in [0.15, 0.2) is 5.58 Å². The number of rotatable bonds is 6. The molecule has 0 saturated carbocycles. The highest BCUT2D eigenvalue weighted by Crippen LogP contribution is 2.15. The van der Waals surface area contributed by atoms with Gasteiger partial charge in [0.05, 0.1) is 5.52 Å². The Bertz CT molecular complexity index is 647. The molecule has 1 atom stereocenters. The van der Waals surface area contributed by atoms with Crippen LogP contribution in [0.15, 0.2) is 22.6 Å². The summed E-state index contributed by atoms with van der Waals surface area (Å²) in [4.78, 5) is 15.3. The molecule has 2 rings (SSSR count). The molecule has 5 nitrogen and oxygen atoms in total. The molecule has 0 radical (unpaired) electrons. The molecule has 0 spiro atoms. The highest BCUT2D eigenvalue weighted by Gasteiger charge is 2.11. The molecule has 0 unspecified atom stereocenters. The lowest BCUT2D eigenvalue weighted by atomic mass is 10.0. The van der Waals surface area contributed by atoms with Crippen LogP contribution in [0.4, 0.5) is 0 Å². The van der Waals surface area contributed by atoms with Crippen molar-refractivity contribution >= 4 is 29.2 Å². The van der Waals surface area contributed by atoms with E-state index >= 15 is 0 Å². The lowest BCUT2D eigenvalue weighted by molar-refractivity contribution is 0.0943. The molecule has 20 heavy (non-hydrogen) atoms. The number of carbonyl (C=O) groups excluding carboxylic acids is 1. The van der Waals surface area contributed by atoms with Crippen molar-refractivity contribution in [1.82, 2.24) is 10.3 Å². The van der Waals surface area contributed by atoms with E-state index in [4.69, 9.17) is 21.7 Å². The Labute approximate surface area is 122 Å². The van der Waals surface area contributed by atoms with Crippen LogP contribution in [0.3, 0.4) is 0 Å². The quantitative estimate of drug-likeness (QED) is 0.716. The molecule has 108 valence electrons. The van der Waals surface area contributed by atoms with Crippen LogP contribution in [0.25, 0.3) is 11.1 Å². The standard InChI is InChI=1S/C14H18N2O3S/c1-2-9(5-6-17)8-15-13(18)10-3-4-11-12(7-10)19-14(20)16-11/h3-4,7,9,17H,2,5-6,8H2,1H3,(H,15,18)(H,16,20)/t9-/m1/s1. The second-order valence-corrected chi connectivity index (χ2v) is 5.09. The van der Waals surface area contributed by atoms with Crippen LogP contribution in [0.5, 0.6) is 0 Å². The number of fused-ring (bicyclic) bond motifs is 1. The molecule has 6 heteroatoms. The number of aliphatic hydroxyl groups is 1. The van der Waals surface area contributed by atoms with Crippen LogP contribution in [0, 0.1) is 10.8 Å². The maximum Gasteiger partial charge on any atom is 0.266 e. The number of aliphatic hydroxyl groups excluding tert-OH is 1. The van der Waals surface area contributed by atoms with Crippen molar-refractivity contribution in [2.45, 2.75) is 19.8 Å². The van der Waals surface area contributed by atoms with E-state index < -0.39 is 0 Å². The first-order valence-electron chi connectivity index (χ1n) is 6.66. The first-order valence-corrected chi connectivity index (χ1v) is 7.06. The molecule has 0 aliphatic heterocycles. The summed E-state index contributed by atoms with van der Waals surface area (Å²) in [6, 6.07) is 5.17. The van der Waals surface area contributed by atoms with Crippen molar-refractivity contribution in [1.29, 1.82) is 0 Å². The maximum atomic E-state index is 12.1. The van der Waals surface area contributed by atoms with Crippen molar-refractivity contribution in [2.75, 3.05) is 13.2 Å². The molecule has 1 amide bonds. The van der Waals surface area contributed by atoms with Gasteiger partial charge in [0.2, 0.25) is 0 Å². The third-order valence-electron chi connectivity index (χ3n) is 3.35. The molecular weight excluding hydrogens is 276 g/mol. The molecular formula is C14H18N2O3S. The smallest absolute Gasteiger partial charge is 0.266 e. The fourth-order valence-corrected chi connectivity index (χ4v) is 2.26. The number of H-pyrrole nitrogens is 1. The Kier molecular flexibility index (Phi) is 4.92. The largest absolute Gasteiger partial charge is 0.429 e. The van der Waals surface area contributed by atoms with Crippen molar-refractivity contribution < 1.29 is 14.3 Å². The number of benzene rings is 1. The third kappa shape index (κ3) is 3.46. The highest BCUT2D eigenvalue weighted by atomic mass is 32.1. The van der Waals surface area contributed by atoms with Crippen LogP contribution >= 0.6 is 12.2 Å². The first-order chi connectivity index (χ1) is 9.63. The average molecular weight is 294 g/mol. The Balaban J connectivity index is 2.05. The van der Waals surface area contributed by atoms with E-state index in [0.717, 1.165) is 11.9 Å². The molecule has 0 saturated heterocycles. The Morgan fingerprint density at radius 1 is 1.55 bits per heavy atom. The Morgan fingerprint density at radius 2 is 2.35 bits per heavy atom. The van der Waals surface area contributed by atoms with Gasteiger partial charge in [0, 0.05) is 18.7 Å². The minimum absolute atomic E-state index is 0.143. The van der Waals surface area contributed by atoms with Gasteiger partial charge in [-0.25, -0.2) is 0 Å². The molecule has 0 bridgehead atoms. The van der Waals surface area contributed by atoms with Gasteiger partial charge >= 0.3 is 0 Å². The van der Waals surface area contributed by atoms with Crippen LogP contribution in [0.2, 0.25) is 0 Å². The van der Waals surface area contributed by atoms with Crippen molar-refractivity contribution in [3.8, 4) is 0 Å². The van der Waals surface area contributed by atoms with Gasteiger partial charge in [-0.1, -0.05) is 13.3 Å². The normalized spacial score (nSPS) is 12.5. The van der Waals surface area contributed by atoms with E-state index in [1.165, 1.54) is 0 Å². The number of nitrogens with one attached hydrogen (secondary N) is 2. The summed E-state index contributed by atoms with van der Waals surface area (Å²) in [6.45, 7) is 2.75. The van der Waals surface area contributed by atoms with E-state index in [9.17, 15) is 4.79 Å². The van der Waals surface area contributed by atoms with E-state index in [0.29, 0.717) is 34.9 Å². The first kappa shape index (κ1) is 14.7. The number of hydrogen-bond donors (Lipinski definition) is 3. The number of aromatic amines is 1. The fraction of sp³-hybridized carbons (Fsp3) is 0.429. The van der Waals surface area contributed by atoms with Gasteiger partial charge in [-0.3, -0.25) is 4.79 Å². The summed E-state index contributed by atoms with van der Waals surface area (Å²) in [5.74, 6) is 0.148. The van der Waals surface area contributed by atoms with Gasteiger partial charge in [-0.15, -0.1) is 0 Å². The monoisotopic (exact) mass is 294 g/mol. The molecule has 3 N–H and O–H groups in total. The zero-order chi connectivity index (χ0) is 14.5. The summed E-state index contributed by atoms with van der Waals surface area (Å²) in [5, 5.41) is 11.8. The van der Waals surface area contributed by atoms with Gasteiger partial charge < -0.3 is 19.8 Å². The fourth-order valence-electron chi connectivity index (χ4n) is 2.06. The Hall–Kier alpha value is -1.66. The molecule has 1 aromatic carbocycles. The van der Waals surface area contributed by atoms with Crippen LogP contribution in [0.1, 0.15) is 30.1 Å². The highest BCUT2D eigenvalue weighted by molar-refractivity contribution is 7.71. The summed E-state index contributed by atoms with van der Waals surface area (Å²) in [6.07, 6.45) is 1.62. The van der Waals surface area contributed by atoms with Crippen molar-refractivity contribution in [3.63, 3.8) is 0 Å². The minimum atomic E-state index is -0.148. The van der Waals surface area contributed by atoms with Gasteiger partial charge in [0.25, 0.3) is 10.7 Å². The SMILES string of the molecule is CC[C@H](CCO)CNC(=O)c1ccc2[nH]c(=S)oc2c1. The van der Waals surface area contributed by atoms with E-state index in [1.807, 2.05) is 6.92 Å². The molecule has 0 aliphatic carbocycles. The summed E-state index contributed by atoms with van der Waals surface area (Å²) >= 11 is 4.91. The molecule has 0 aliphatic rings. The van der Waals surface area contributed by atoms with Crippen molar-refractivity contribution in [2.24, 2.45) is 5.92 Å². The lowest BCUT2D eigenvalue weighted by Crippen LogP contribution is -2.29.